The summed E-state index contributed by atoms with van der Waals surface area (Å²) in [5.74, 6) is 0.738. The highest BCUT2D eigenvalue weighted by Gasteiger charge is 2.30. The van der Waals surface area contributed by atoms with E-state index in [0.29, 0.717) is 17.9 Å². The number of carbonyl (C=O) groups excluding carboxylic acids is 2. The molecule has 0 unspecified atom stereocenters. The van der Waals surface area contributed by atoms with E-state index in [1.807, 2.05) is 66.7 Å². The van der Waals surface area contributed by atoms with Crippen LogP contribution in [0.5, 0.6) is 11.5 Å². The zero-order valence-electron chi connectivity index (χ0n) is 18.7. The number of ether oxygens (including phenoxy) is 2. The zero-order valence-corrected chi connectivity index (χ0v) is 20.2. The normalized spacial score (nSPS) is 11.4. The highest BCUT2D eigenvalue weighted by atomic mass is 79.9. The standard InChI is InChI=1S/C26H27BrN2O4/c1-28-26(31)24(16-19-7-4-3-5-8-19)29(17-20-9-6-10-23(15-20)32-2)25(30)18-33-22-13-11-21(27)12-14-22/h3-15,24H,16-18H2,1-2H3,(H,28,31)/t24-/m1/s1. The highest BCUT2D eigenvalue weighted by molar-refractivity contribution is 9.10. The zero-order chi connectivity index (χ0) is 23.6. The third kappa shape index (κ3) is 7.08. The van der Waals surface area contributed by atoms with Crippen molar-refractivity contribution in [2.75, 3.05) is 20.8 Å². The van der Waals surface area contributed by atoms with Crippen molar-refractivity contribution < 1.29 is 19.1 Å². The summed E-state index contributed by atoms with van der Waals surface area (Å²) in [4.78, 5) is 27.9. The van der Waals surface area contributed by atoms with Crippen LogP contribution in [-0.2, 0) is 22.6 Å². The van der Waals surface area contributed by atoms with Crippen LogP contribution in [0, 0.1) is 0 Å². The van der Waals surface area contributed by atoms with E-state index in [2.05, 4.69) is 21.2 Å². The first-order valence-corrected chi connectivity index (χ1v) is 11.4. The van der Waals surface area contributed by atoms with Gasteiger partial charge in [0.05, 0.1) is 7.11 Å². The van der Waals surface area contributed by atoms with Crippen LogP contribution in [0.25, 0.3) is 0 Å². The molecule has 3 rings (SSSR count). The maximum atomic E-state index is 13.4. The number of rotatable bonds is 10. The van der Waals surface area contributed by atoms with Gasteiger partial charge < -0.3 is 19.7 Å². The summed E-state index contributed by atoms with van der Waals surface area (Å²) in [5.41, 5.74) is 1.82. The Morgan fingerprint density at radius 2 is 1.64 bits per heavy atom. The number of amides is 2. The van der Waals surface area contributed by atoms with Crippen LogP contribution in [-0.4, -0.2) is 43.5 Å². The fourth-order valence-corrected chi connectivity index (χ4v) is 3.71. The molecule has 3 aromatic carbocycles. The molecule has 3 aromatic rings. The molecule has 2 amide bonds. The molecule has 1 N–H and O–H groups in total. The second kappa shape index (κ2) is 12.1. The summed E-state index contributed by atoms with van der Waals surface area (Å²) >= 11 is 3.39. The molecule has 0 bridgehead atoms. The monoisotopic (exact) mass is 510 g/mol. The van der Waals surface area contributed by atoms with E-state index in [1.165, 1.54) is 0 Å². The number of carbonyl (C=O) groups is 2. The number of hydrogen-bond acceptors (Lipinski definition) is 4. The Hall–Kier alpha value is -3.32. The number of hydrogen-bond donors (Lipinski definition) is 1. The predicted molar refractivity (Wildman–Crippen MR) is 131 cm³/mol. The minimum absolute atomic E-state index is 0.187. The van der Waals surface area contributed by atoms with Crippen molar-refractivity contribution in [2.24, 2.45) is 0 Å². The summed E-state index contributed by atoms with van der Waals surface area (Å²) in [6.07, 6.45) is 0.383. The lowest BCUT2D eigenvalue weighted by molar-refractivity contribution is -0.142. The summed E-state index contributed by atoms with van der Waals surface area (Å²) < 4.78 is 12.0. The molecule has 0 radical (unpaired) electrons. The van der Waals surface area contributed by atoms with Gasteiger partial charge in [0.15, 0.2) is 6.61 Å². The van der Waals surface area contributed by atoms with Crippen molar-refractivity contribution in [1.29, 1.82) is 0 Å². The molecule has 7 heteroatoms. The maximum Gasteiger partial charge on any atom is 0.261 e. The second-order valence-electron chi connectivity index (χ2n) is 7.44. The fourth-order valence-electron chi connectivity index (χ4n) is 3.45. The Labute approximate surface area is 202 Å². The molecule has 0 aromatic heterocycles. The topological polar surface area (TPSA) is 67.9 Å². The van der Waals surface area contributed by atoms with Crippen molar-refractivity contribution >= 4 is 27.7 Å². The van der Waals surface area contributed by atoms with E-state index in [0.717, 1.165) is 15.6 Å². The Balaban J connectivity index is 1.87. The summed E-state index contributed by atoms with van der Waals surface area (Å²) in [6, 6.07) is 23.7. The maximum absolute atomic E-state index is 13.4. The Bertz CT molecular complexity index is 1060. The minimum Gasteiger partial charge on any atom is -0.497 e. The van der Waals surface area contributed by atoms with Gasteiger partial charge in [0.1, 0.15) is 17.5 Å². The van der Waals surface area contributed by atoms with Crippen molar-refractivity contribution in [3.8, 4) is 11.5 Å². The first-order valence-electron chi connectivity index (χ1n) is 10.6. The quantitative estimate of drug-likeness (QED) is 0.443. The van der Waals surface area contributed by atoms with Gasteiger partial charge in [-0.3, -0.25) is 9.59 Å². The van der Waals surface area contributed by atoms with Crippen molar-refractivity contribution in [2.45, 2.75) is 19.0 Å². The Morgan fingerprint density at radius 1 is 0.939 bits per heavy atom. The molecule has 0 spiro atoms. The highest BCUT2D eigenvalue weighted by Crippen LogP contribution is 2.20. The van der Waals surface area contributed by atoms with E-state index in [1.54, 1.807) is 31.2 Å². The lowest BCUT2D eigenvalue weighted by Crippen LogP contribution is -2.51. The van der Waals surface area contributed by atoms with Gasteiger partial charge in [0.2, 0.25) is 5.91 Å². The first kappa shape index (κ1) is 24.3. The first-order chi connectivity index (χ1) is 16.0. The minimum atomic E-state index is -0.704. The number of benzene rings is 3. The average Bonchev–Trinajstić information content (AvgIpc) is 2.86. The third-order valence-corrected chi connectivity index (χ3v) is 5.71. The molecule has 172 valence electrons. The van der Waals surface area contributed by atoms with Crippen LogP contribution in [0.1, 0.15) is 11.1 Å². The molecular weight excluding hydrogens is 484 g/mol. The number of nitrogens with zero attached hydrogens (tertiary/aromatic N) is 1. The van der Waals surface area contributed by atoms with Gasteiger partial charge in [-0.2, -0.15) is 0 Å². The molecule has 0 fully saturated rings. The molecule has 0 aliphatic rings. The molecule has 0 saturated heterocycles. The van der Waals surface area contributed by atoms with Gasteiger partial charge in [-0.05, 0) is 47.5 Å². The van der Waals surface area contributed by atoms with E-state index in [9.17, 15) is 9.59 Å². The molecule has 1 atom stereocenters. The molecule has 33 heavy (non-hydrogen) atoms. The molecule has 0 aliphatic carbocycles. The van der Waals surface area contributed by atoms with Gasteiger partial charge in [0, 0.05) is 24.5 Å². The lowest BCUT2D eigenvalue weighted by atomic mass is 10.0. The Kier molecular flexibility index (Phi) is 8.89. The van der Waals surface area contributed by atoms with E-state index in [-0.39, 0.29) is 25.0 Å². The van der Waals surface area contributed by atoms with Crippen LogP contribution in [0.4, 0.5) is 0 Å². The van der Waals surface area contributed by atoms with E-state index in [4.69, 9.17) is 9.47 Å². The van der Waals surface area contributed by atoms with Crippen molar-refractivity contribution in [3.05, 3.63) is 94.5 Å². The molecule has 6 nitrogen and oxygen atoms in total. The molecule has 0 saturated carbocycles. The van der Waals surface area contributed by atoms with Gasteiger partial charge in [-0.15, -0.1) is 0 Å². The van der Waals surface area contributed by atoms with Crippen LogP contribution in [0.3, 0.4) is 0 Å². The smallest absolute Gasteiger partial charge is 0.261 e. The SMILES string of the molecule is CNC(=O)[C@@H](Cc1ccccc1)N(Cc1cccc(OC)c1)C(=O)COc1ccc(Br)cc1. The van der Waals surface area contributed by atoms with Crippen LogP contribution in [0.15, 0.2) is 83.3 Å². The third-order valence-electron chi connectivity index (χ3n) is 5.18. The van der Waals surface area contributed by atoms with Gasteiger partial charge >= 0.3 is 0 Å². The van der Waals surface area contributed by atoms with Crippen LogP contribution >= 0.6 is 15.9 Å². The molecule has 0 aliphatic heterocycles. The van der Waals surface area contributed by atoms with Crippen molar-refractivity contribution in [1.82, 2.24) is 10.2 Å². The number of nitrogens with one attached hydrogen (secondary N) is 1. The van der Waals surface area contributed by atoms with Crippen molar-refractivity contribution in [3.63, 3.8) is 0 Å². The van der Waals surface area contributed by atoms with Crippen LogP contribution < -0.4 is 14.8 Å². The molecular formula is C26H27BrN2O4. The van der Waals surface area contributed by atoms with E-state index < -0.39 is 6.04 Å². The largest absolute Gasteiger partial charge is 0.497 e. The summed E-state index contributed by atoms with van der Waals surface area (Å²) in [5, 5.41) is 2.71. The lowest BCUT2D eigenvalue weighted by Gasteiger charge is -2.31. The van der Waals surface area contributed by atoms with Crippen LogP contribution in [0.2, 0.25) is 0 Å². The second-order valence-corrected chi connectivity index (χ2v) is 8.35. The number of halogens is 1. The number of likely N-dealkylation sites (N-methyl/N-ethyl adjacent to an activating group) is 1. The van der Waals surface area contributed by atoms with Gasteiger partial charge in [-0.1, -0.05) is 58.4 Å². The fraction of sp³-hybridized carbons (Fsp3) is 0.231. The predicted octanol–water partition coefficient (Wildman–Crippen LogP) is 4.22. The van der Waals surface area contributed by atoms with E-state index >= 15 is 0 Å². The number of methoxy groups -OCH3 is 1. The average molecular weight is 511 g/mol. The van der Waals surface area contributed by atoms with Gasteiger partial charge in [-0.25, -0.2) is 0 Å². The van der Waals surface area contributed by atoms with Gasteiger partial charge in [0.25, 0.3) is 5.91 Å². The summed E-state index contributed by atoms with van der Waals surface area (Å²) in [6.45, 7) is 0.0541. The summed E-state index contributed by atoms with van der Waals surface area (Å²) in [7, 11) is 3.17. The molecule has 0 heterocycles. The Morgan fingerprint density at radius 3 is 2.30 bits per heavy atom.